The molecule has 1 amide bonds. The number of hydrogen-bond donors (Lipinski definition) is 3. The second-order valence-corrected chi connectivity index (χ2v) is 10.0. The van der Waals surface area contributed by atoms with Crippen molar-refractivity contribution in [2.24, 2.45) is 0 Å². The molecule has 1 unspecified atom stereocenters. The van der Waals surface area contributed by atoms with Gasteiger partial charge in [-0.3, -0.25) is 4.79 Å². The van der Waals surface area contributed by atoms with Crippen molar-refractivity contribution in [2.75, 3.05) is 45.8 Å². The highest BCUT2D eigenvalue weighted by molar-refractivity contribution is 5.75. The second kappa shape index (κ2) is 25.4. The summed E-state index contributed by atoms with van der Waals surface area (Å²) >= 11 is 0. The summed E-state index contributed by atoms with van der Waals surface area (Å²) in [7, 11) is 0. The second-order valence-electron chi connectivity index (χ2n) is 10.0. The SMILES string of the molecule is CCCCCCCCCCCCCCCCC(=O)NCCNCC(O)C[N+](CC)(CC)CC.[OH-]. The van der Waals surface area contributed by atoms with Crippen molar-refractivity contribution in [1.29, 1.82) is 0 Å². The van der Waals surface area contributed by atoms with E-state index in [1.165, 1.54) is 83.5 Å². The van der Waals surface area contributed by atoms with Gasteiger partial charge in [-0.1, -0.05) is 90.4 Å². The highest BCUT2D eigenvalue weighted by atomic mass is 16.3. The van der Waals surface area contributed by atoms with Crippen LogP contribution in [0.3, 0.4) is 0 Å². The molecule has 0 aliphatic heterocycles. The monoisotopic (exact) mass is 487 g/mol. The standard InChI is InChI=1S/C28H59N3O2.H2O/c1-5-9-10-11-12-13-14-15-16-17-18-19-20-21-22-28(33)30-24-23-29-25-27(32)26-31(6-2,7-3)8-4;/h27,29,32H,5-26H2,1-4H3;1H2. The Hall–Kier alpha value is -0.690. The lowest BCUT2D eigenvalue weighted by Crippen LogP contribution is -2.53. The van der Waals surface area contributed by atoms with Crippen molar-refractivity contribution >= 4 is 5.91 Å². The number of nitrogens with zero attached hydrogens (tertiary/aromatic N) is 1. The largest absolute Gasteiger partial charge is 0.870 e. The van der Waals surface area contributed by atoms with Gasteiger partial charge in [0.15, 0.2) is 0 Å². The van der Waals surface area contributed by atoms with Crippen LogP contribution in [0.4, 0.5) is 0 Å². The average Bonchev–Trinajstić information content (AvgIpc) is 2.82. The summed E-state index contributed by atoms with van der Waals surface area (Å²) in [5, 5.41) is 16.6. The zero-order chi connectivity index (χ0) is 24.6. The van der Waals surface area contributed by atoms with Crippen LogP contribution in [-0.2, 0) is 4.79 Å². The van der Waals surface area contributed by atoms with Crippen molar-refractivity contribution in [3.05, 3.63) is 0 Å². The molecule has 0 heterocycles. The molecular weight excluding hydrogens is 426 g/mol. The van der Waals surface area contributed by atoms with Gasteiger partial charge in [-0.15, -0.1) is 0 Å². The lowest BCUT2D eigenvalue weighted by molar-refractivity contribution is -0.925. The van der Waals surface area contributed by atoms with E-state index < -0.39 is 0 Å². The maximum absolute atomic E-state index is 12.0. The number of nitrogens with one attached hydrogen (secondary N) is 2. The summed E-state index contributed by atoms with van der Waals surface area (Å²) in [6.45, 7) is 14.8. The summed E-state index contributed by atoms with van der Waals surface area (Å²) in [6, 6.07) is 0. The number of quaternary nitrogens is 1. The average molecular weight is 488 g/mol. The first-order valence-electron chi connectivity index (χ1n) is 14.5. The third-order valence-corrected chi connectivity index (χ3v) is 7.37. The normalized spacial score (nSPS) is 12.4. The van der Waals surface area contributed by atoms with Crippen LogP contribution < -0.4 is 10.6 Å². The summed E-state index contributed by atoms with van der Waals surface area (Å²) in [5.41, 5.74) is 0. The summed E-state index contributed by atoms with van der Waals surface area (Å²) in [5.74, 6) is 0.162. The van der Waals surface area contributed by atoms with Crippen molar-refractivity contribution in [3.63, 3.8) is 0 Å². The minimum atomic E-state index is -0.337. The Morgan fingerprint density at radius 3 is 1.59 bits per heavy atom. The van der Waals surface area contributed by atoms with Gasteiger partial charge in [-0.2, -0.15) is 0 Å². The molecule has 0 fully saturated rings. The van der Waals surface area contributed by atoms with Gasteiger partial charge in [0.05, 0.1) is 19.6 Å². The van der Waals surface area contributed by atoms with E-state index in [9.17, 15) is 9.90 Å². The number of unbranched alkanes of at least 4 members (excludes halogenated alkanes) is 13. The molecule has 0 aliphatic carbocycles. The molecule has 1 atom stereocenters. The van der Waals surface area contributed by atoms with Crippen LogP contribution in [0.5, 0.6) is 0 Å². The van der Waals surface area contributed by atoms with Gasteiger partial charge < -0.3 is 25.7 Å². The first kappa shape index (κ1) is 35.5. The van der Waals surface area contributed by atoms with Gasteiger partial charge >= 0.3 is 0 Å². The lowest BCUT2D eigenvalue weighted by Gasteiger charge is -2.37. The maximum Gasteiger partial charge on any atom is 0.220 e. The molecule has 0 aliphatic rings. The predicted molar refractivity (Wildman–Crippen MR) is 146 cm³/mol. The van der Waals surface area contributed by atoms with E-state index in [1.54, 1.807) is 0 Å². The summed E-state index contributed by atoms with van der Waals surface area (Å²) in [6.07, 6.45) is 19.0. The van der Waals surface area contributed by atoms with Crippen molar-refractivity contribution in [2.45, 2.75) is 130 Å². The first-order valence-corrected chi connectivity index (χ1v) is 14.5. The Morgan fingerprint density at radius 2 is 1.15 bits per heavy atom. The molecule has 0 saturated heterocycles. The van der Waals surface area contributed by atoms with E-state index >= 15 is 0 Å². The molecule has 0 rings (SSSR count). The third-order valence-electron chi connectivity index (χ3n) is 7.37. The molecular formula is C28H61N3O3. The lowest BCUT2D eigenvalue weighted by atomic mass is 10.0. The maximum atomic E-state index is 12.0. The zero-order valence-electron chi connectivity index (χ0n) is 23.4. The molecule has 0 bridgehead atoms. The Kier molecular flexibility index (Phi) is 26.5. The number of carbonyl (C=O) groups excluding carboxylic acids is 1. The highest BCUT2D eigenvalue weighted by Gasteiger charge is 2.24. The molecule has 34 heavy (non-hydrogen) atoms. The number of amides is 1. The molecule has 6 heteroatoms. The number of hydrogen-bond acceptors (Lipinski definition) is 4. The van der Waals surface area contributed by atoms with Crippen LogP contribution in [-0.4, -0.2) is 72.9 Å². The van der Waals surface area contributed by atoms with Gasteiger partial charge in [-0.25, -0.2) is 0 Å². The molecule has 0 radical (unpaired) electrons. The van der Waals surface area contributed by atoms with E-state index in [0.717, 1.165) is 37.1 Å². The number of rotatable bonds is 25. The minimum Gasteiger partial charge on any atom is -0.870 e. The van der Waals surface area contributed by atoms with E-state index in [2.05, 4.69) is 38.3 Å². The van der Waals surface area contributed by atoms with E-state index in [4.69, 9.17) is 0 Å². The Balaban J connectivity index is 0. The predicted octanol–water partition coefficient (Wildman–Crippen LogP) is 5.62. The van der Waals surface area contributed by atoms with Crippen LogP contribution in [0.25, 0.3) is 0 Å². The van der Waals surface area contributed by atoms with Gasteiger partial charge in [0, 0.05) is 26.1 Å². The Bertz CT molecular complexity index is 423. The topological polar surface area (TPSA) is 91.4 Å². The molecule has 0 aromatic carbocycles. The van der Waals surface area contributed by atoms with E-state index in [0.29, 0.717) is 26.1 Å². The van der Waals surface area contributed by atoms with Crippen LogP contribution in [0.1, 0.15) is 124 Å². The Morgan fingerprint density at radius 1 is 0.706 bits per heavy atom. The first-order chi connectivity index (χ1) is 16.0. The minimum absolute atomic E-state index is 0. The van der Waals surface area contributed by atoms with Gasteiger partial charge in [0.2, 0.25) is 5.91 Å². The summed E-state index contributed by atoms with van der Waals surface area (Å²) < 4.78 is 0.957. The molecule has 206 valence electrons. The molecule has 0 spiro atoms. The molecule has 0 saturated carbocycles. The Labute approximate surface area is 212 Å². The van der Waals surface area contributed by atoms with Crippen molar-refractivity contribution < 1.29 is 19.9 Å². The van der Waals surface area contributed by atoms with Gasteiger partial charge in [0.1, 0.15) is 12.6 Å². The quantitative estimate of drug-likeness (QED) is 0.115. The van der Waals surface area contributed by atoms with Gasteiger partial charge in [0.25, 0.3) is 0 Å². The molecule has 6 nitrogen and oxygen atoms in total. The van der Waals surface area contributed by atoms with E-state index in [1.807, 2.05) is 0 Å². The number of aliphatic hydroxyl groups is 1. The van der Waals surface area contributed by atoms with Crippen LogP contribution in [0, 0.1) is 0 Å². The fraction of sp³-hybridized carbons (Fsp3) is 0.964. The zero-order valence-corrected chi connectivity index (χ0v) is 23.4. The fourth-order valence-corrected chi connectivity index (χ4v) is 4.70. The molecule has 0 aromatic heterocycles. The number of carbonyl (C=O) groups is 1. The van der Waals surface area contributed by atoms with Crippen molar-refractivity contribution in [3.8, 4) is 0 Å². The van der Waals surface area contributed by atoms with Crippen LogP contribution >= 0.6 is 0 Å². The molecule has 4 N–H and O–H groups in total. The number of aliphatic hydroxyl groups excluding tert-OH is 1. The van der Waals surface area contributed by atoms with Crippen LogP contribution in [0.2, 0.25) is 0 Å². The smallest absolute Gasteiger partial charge is 0.220 e. The van der Waals surface area contributed by atoms with E-state index in [-0.39, 0.29) is 17.5 Å². The number of likely N-dealkylation sites (N-methyl/N-ethyl adjacent to an activating group) is 1. The fourth-order valence-electron chi connectivity index (χ4n) is 4.70. The van der Waals surface area contributed by atoms with Crippen molar-refractivity contribution in [1.82, 2.24) is 10.6 Å². The van der Waals surface area contributed by atoms with Gasteiger partial charge in [-0.05, 0) is 27.2 Å². The molecule has 0 aromatic rings. The highest BCUT2D eigenvalue weighted by Crippen LogP contribution is 2.13. The van der Waals surface area contributed by atoms with Crippen LogP contribution in [0.15, 0.2) is 0 Å². The summed E-state index contributed by atoms with van der Waals surface area (Å²) in [4.78, 5) is 12.0. The third kappa shape index (κ3) is 20.7.